The number of ether oxygens (including phenoxy) is 1. The first kappa shape index (κ1) is 14.0. The fraction of sp³-hybridized carbons (Fsp3) is 0.625. The van der Waals surface area contributed by atoms with Crippen molar-refractivity contribution < 1.29 is 14.2 Å². The second-order valence-electron chi connectivity index (χ2n) is 6.43. The largest absolute Gasteiger partial charge is 0.389 e. The molecule has 0 amide bonds. The summed E-state index contributed by atoms with van der Waals surface area (Å²) in [6, 6.07) is 6.60. The zero-order valence-electron chi connectivity index (χ0n) is 11.8. The Morgan fingerprint density at radius 3 is 2.75 bits per heavy atom. The predicted octanol–water partition coefficient (Wildman–Crippen LogP) is 2.02. The fourth-order valence-corrected chi connectivity index (χ4v) is 3.99. The molecule has 110 valence electrons. The molecule has 2 aliphatic rings. The molecule has 1 aromatic carbocycles. The molecule has 3 nitrogen and oxygen atoms in total. The number of nitrogens with two attached hydrogens (primary N) is 1. The Labute approximate surface area is 118 Å². The molecule has 0 aromatic heterocycles. The van der Waals surface area contributed by atoms with Crippen molar-refractivity contribution in [3.8, 4) is 0 Å². The third-order valence-corrected chi connectivity index (χ3v) is 5.25. The number of hydrogen-bond acceptors (Lipinski definition) is 3. The standard InChI is InChI=1S/C16H22FNO2/c1-15(19,8-11-4-2-3-5-13(11)17)16(10-18)9-12-6-7-14(16)20-12/h2-5,12,14,19H,6-10,18H2,1H3. The van der Waals surface area contributed by atoms with E-state index >= 15 is 0 Å². The van der Waals surface area contributed by atoms with Crippen LogP contribution in [0, 0.1) is 11.2 Å². The summed E-state index contributed by atoms with van der Waals surface area (Å²) in [5.41, 5.74) is 5.01. The molecule has 2 bridgehead atoms. The molecule has 3 rings (SSSR count). The monoisotopic (exact) mass is 279 g/mol. The highest BCUT2D eigenvalue weighted by Gasteiger charge is 2.60. The van der Waals surface area contributed by atoms with Gasteiger partial charge in [-0.1, -0.05) is 18.2 Å². The SMILES string of the molecule is CC(O)(Cc1ccccc1F)C1(CN)CC2CCC1O2. The fourth-order valence-electron chi connectivity index (χ4n) is 3.99. The lowest BCUT2D eigenvalue weighted by molar-refractivity contribution is -0.0985. The third-order valence-electron chi connectivity index (χ3n) is 5.25. The smallest absolute Gasteiger partial charge is 0.126 e. The van der Waals surface area contributed by atoms with E-state index in [4.69, 9.17) is 10.5 Å². The molecule has 2 saturated heterocycles. The van der Waals surface area contributed by atoms with E-state index in [0.717, 1.165) is 19.3 Å². The molecule has 4 heteroatoms. The summed E-state index contributed by atoms with van der Waals surface area (Å²) in [6.07, 6.45) is 3.23. The minimum atomic E-state index is -1.07. The molecular formula is C16H22FNO2. The van der Waals surface area contributed by atoms with Gasteiger partial charge in [-0.15, -0.1) is 0 Å². The average Bonchev–Trinajstić information content (AvgIpc) is 3.02. The Morgan fingerprint density at radius 2 is 2.20 bits per heavy atom. The quantitative estimate of drug-likeness (QED) is 0.886. The maximum Gasteiger partial charge on any atom is 0.126 e. The van der Waals surface area contributed by atoms with Gasteiger partial charge in [0.1, 0.15) is 5.82 Å². The van der Waals surface area contributed by atoms with E-state index in [1.165, 1.54) is 6.07 Å². The van der Waals surface area contributed by atoms with E-state index in [-0.39, 0.29) is 24.4 Å². The van der Waals surface area contributed by atoms with Gasteiger partial charge in [0.25, 0.3) is 0 Å². The van der Waals surface area contributed by atoms with Gasteiger partial charge < -0.3 is 15.6 Å². The van der Waals surface area contributed by atoms with Crippen molar-refractivity contribution in [1.82, 2.24) is 0 Å². The van der Waals surface area contributed by atoms with E-state index in [2.05, 4.69) is 0 Å². The van der Waals surface area contributed by atoms with E-state index in [1.54, 1.807) is 25.1 Å². The molecule has 0 saturated carbocycles. The molecule has 2 fully saturated rings. The van der Waals surface area contributed by atoms with Crippen LogP contribution >= 0.6 is 0 Å². The highest BCUT2D eigenvalue weighted by molar-refractivity contribution is 5.22. The zero-order chi connectivity index (χ0) is 14.4. The lowest BCUT2D eigenvalue weighted by Gasteiger charge is -2.46. The third kappa shape index (κ3) is 1.98. The molecule has 1 aromatic rings. The Bertz CT molecular complexity index is 505. The Morgan fingerprint density at radius 1 is 1.45 bits per heavy atom. The summed E-state index contributed by atoms with van der Waals surface area (Å²) in [5, 5.41) is 11.0. The summed E-state index contributed by atoms with van der Waals surface area (Å²) in [7, 11) is 0. The van der Waals surface area contributed by atoms with Gasteiger partial charge in [0.05, 0.1) is 17.8 Å². The van der Waals surface area contributed by atoms with Crippen LogP contribution in [0.4, 0.5) is 4.39 Å². The van der Waals surface area contributed by atoms with Crippen LogP contribution in [0.5, 0.6) is 0 Å². The minimum Gasteiger partial charge on any atom is -0.389 e. The highest BCUT2D eigenvalue weighted by Crippen LogP contribution is 2.53. The Kier molecular flexibility index (Phi) is 3.35. The molecule has 0 aliphatic carbocycles. The van der Waals surface area contributed by atoms with Crippen LogP contribution in [0.3, 0.4) is 0 Å². The van der Waals surface area contributed by atoms with Gasteiger partial charge in [-0.05, 0) is 37.8 Å². The van der Waals surface area contributed by atoms with E-state index in [1.807, 2.05) is 0 Å². The zero-order valence-corrected chi connectivity index (χ0v) is 11.8. The van der Waals surface area contributed by atoms with Crippen molar-refractivity contribution in [2.75, 3.05) is 6.54 Å². The molecule has 0 spiro atoms. The Hall–Kier alpha value is -0.970. The molecule has 2 heterocycles. The number of benzene rings is 1. The molecule has 4 atom stereocenters. The van der Waals surface area contributed by atoms with E-state index in [9.17, 15) is 9.50 Å². The van der Waals surface area contributed by atoms with Crippen LogP contribution in [0.15, 0.2) is 24.3 Å². The van der Waals surface area contributed by atoms with E-state index in [0.29, 0.717) is 12.1 Å². The number of fused-ring (bicyclic) bond motifs is 2. The van der Waals surface area contributed by atoms with Gasteiger partial charge in [-0.3, -0.25) is 0 Å². The molecule has 20 heavy (non-hydrogen) atoms. The van der Waals surface area contributed by atoms with Crippen LogP contribution in [-0.4, -0.2) is 29.5 Å². The highest BCUT2D eigenvalue weighted by atomic mass is 19.1. The van der Waals surface area contributed by atoms with Crippen molar-refractivity contribution in [1.29, 1.82) is 0 Å². The lowest BCUT2D eigenvalue weighted by Crippen LogP contribution is -2.57. The van der Waals surface area contributed by atoms with Gasteiger partial charge in [-0.25, -0.2) is 4.39 Å². The average molecular weight is 279 g/mol. The van der Waals surface area contributed by atoms with Gasteiger partial charge in [0, 0.05) is 18.4 Å². The molecule has 3 N–H and O–H groups in total. The molecule has 2 aliphatic heterocycles. The van der Waals surface area contributed by atoms with Crippen LogP contribution in [0.25, 0.3) is 0 Å². The van der Waals surface area contributed by atoms with Crippen LogP contribution in [0.1, 0.15) is 31.7 Å². The maximum absolute atomic E-state index is 13.8. The van der Waals surface area contributed by atoms with Crippen LogP contribution < -0.4 is 5.73 Å². The van der Waals surface area contributed by atoms with Gasteiger partial charge in [-0.2, -0.15) is 0 Å². The normalized spacial score (nSPS) is 35.2. The summed E-state index contributed by atoms with van der Waals surface area (Å²) in [4.78, 5) is 0. The summed E-state index contributed by atoms with van der Waals surface area (Å²) < 4.78 is 19.7. The van der Waals surface area contributed by atoms with Crippen molar-refractivity contribution >= 4 is 0 Å². The van der Waals surface area contributed by atoms with Gasteiger partial charge >= 0.3 is 0 Å². The first-order chi connectivity index (χ1) is 9.48. The number of aliphatic hydroxyl groups is 1. The first-order valence-electron chi connectivity index (χ1n) is 7.30. The molecule has 0 radical (unpaired) electrons. The minimum absolute atomic E-state index is 0.000673. The van der Waals surface area contributed by atoms with Crippen LogP contribution in [0.2, 0.25) is 0 Å². The summed E-state index contributed by atoms with van der Waals surface area (Å²) in [6.45, 7) is 2.14. The van der Waals surface area contributed by atoms with Crippen molar-refractivity contribution in [2.24, 2.45) is 11.1 Å². The predicted molar refractivity (Wildman–Crippen MR) is 74.7 cm³/mol. The maximum atomic E-state index is 13.8. The van der Waals surface area contributed by atoms with Crippen molar-refractivity contribution in [2.45, 2.75) is 50.4 Å². The Balaban J connectivity index is 1.89. The summed E-state index contributed by atoms with van der Waals surface area (Å²) >= 11 is 0. The lowest BCUT2D eigenvalue weighted by atomic mass is 9.62. The second kappa shape index (κ2) is 4.79. The molecular weight excluding hydrogens is 257 g/mol. The topological polar surface area (TPSA) is 55.5 Å². The van der Waals surface area contributed by atoms with Gasteiger partial charge in [0.2, 0.25) is 0 Å². The second-order valence-corrected chi connectivity index (χ2v) is 6.43. The number of hydrogen-bond donors (Lipinski definition) is 2. The number of rotatable bonds is 4. The van der Waals surface area contributed by atoms with Gasteiger partial charge in [0.15, 0.2) is 0 Å². The first-order valence-corrected chi connectivity index (χ1v) is 7.30. The van der Waals surface area contributed by atoms with Crippen molar-refractivity contribution in [3.63, 3.8) is 0 Å². The van der Waals surface area contributed by atoms with Crippen molar-refractivity contribution in [3.05, 3.63) is 35.6 Å². The summed E-state index contributed by atoms with van der Waals surface area (Å²) in [5.74, 6) is -0.274. The number of halogens is 1. The van der Waals surface area contributed by atoms with E-state index < -0.39 is 11.0 Å². The molecule has 4 unspecified atom stereocenters. The van der Waals surface area contributed by atoms with Crippen LogP contribution in [-0.2, 0) is 11.2 Å².